The van der Waals surface area contributed by atoms with E-state index in [2.05, 4.69) is 0 Å². The van der Waals surface area contributed by atoms with Crippen LogP contribution in [0, 0.1) is 0 Å². The molecule has 0 aromatic heterocycles. The molecule has 1 aromatic carbocycles. The molecule has 1 aromatic rings. The number of carbonyl (C=O) groups is 2. The number of rotatable bonds is 4. The highest BCUT2D eigenvalue weighted by atomic mass is 16.3. The molecule has 4 heteroatoms. The summed E-state index contributed by atoms with van der Waals surface area (Å²) in [7, 11) is 0. The minimum atomic E-state index is -0.805. The van der Waals surface area contributed by atoms with Gasteiger partial charge in [0.1, 0.15) is 0 Å². The average molecular weight is 261 g/mol. The third-order valence-corrected chi connectivity index (χ3v) is 3.92. The lowest BCUT2D eigenvalue weighted by Crippen LogP contribution is -2.44. The topological polar surface area (TPSA) is 57.6 Å². The highest BCUT2D eigenvalue weighted by Crippen LogP contribution is 2.37. The van der Waals surface area contributed by atoms with Crippen molar-refractivity contribution in [1.82, 2.24) is 4.90 Å². The molecule has 1 aliphatic rings. The van der Waals surface area contributed by atoms with E-state index < -0.39 is 11.5 Å². The fourth-order valence-corrected chi connectivity index (χ4v) is 2.64. The summed E-state index contributed by atoms with van der Waals surface area (Å²) in [4.78, 5) is 26.0. The Balaban J connectivity index is 2.37. The molecule has 0 spiro atoms. The van der Waals surface area contributed by atoms with Crippen LogP contribution in [-0.4, -0.2) is 34.5 Å². The van der Waals surface area contributed by atoms with Crippen LogP contribution in [0.5, 0.6) is 0 Å². The Morgan fingerprint density at radius 2 is 1.95 bits per heavy atom. The summed E-state index contributed by atoms with van der Waals surface area (Å²) in [6.45, 7) is 3.48. The van der Waals surface area contributed by atoms with E-state index in [1.54, 1.807) is 6.92 Å². The third kappa shape index (κ3) is 2.16. The van der Waals surface area contributed by atoms with E-state index in [1.807, 2.05) is 37.3 Å². The van der Waals surface area contributed by atoms with Gasteiger partial charge in [-0.1, -0.05) is 37.3 Å². The molecule has 1 fully saturated rings. The lowest BCUT2D eigenvalue weighted by atomic mass is 9.81. The summed E-state index contributed by atoms with van der Waals surface area (Å²) < 4.78 is 0. The first-order valence-corrected chi connectivity index (χ1v) is 6.57. The maximum Gasteiger partial charge on any atom is 0.240 e. The predicted molar refractivity (Wildman–Crippen MR) is 71.4 cm³/mol. The SMILES string of the molecule is CCC(CO)N1C(=O)CC(C)(c2ccccc2)C1=O. The molecule has 19 heavy (non-hydrogen) atoms. The van der Waals surface area contributed by atoms with Crippen LogP contribution in [0.2, 0.25) is 0 Å². The molecule has 0 aliphatic carbocycles. The lowest BCUT2D eigenvalue weighted by Gasteiger charge is -2.27. The molecule has 1 saturated heterocycles. The molecule has 1 heterocycles. The summed E-state index contributed by atoms with van der Waals surface area (Å²) in [5, 5.41) is 9.32. The van der Waals surface area contributed by atoms with E-state index in [0.717, 1.165) is 5.56 Å². The maximum atomic E-state index is 12.6. The van der Waals surface area contributed by atoms with Gasteiger partial charge in [-0.15, -0.1) is 0 Å². The second-order valence-electron chi connectivity index (χ2n) is 5.19. The van der Waals surface area contributed by atoms with Crippen LogP contribution >= 0.6 is 0 Å². The Labute approximate surface area is 113 Å². The van der Waals surface area contributed by atoms with Crippen LogP contribution in [0.25, 0.3) is 0 Å². The van der Waals surface area contributed by atoms with E-state index in [0.29, 0.717) is 6.42 Å². The van der Waals surface area contributed by atoms with Crippen LogP contribution in [0.15, 0.2) is 30.3 Å². The summed E-state index contributed by atoms with van der Waals surface area (Å²) in [5.74, 6) is -0.401. The van der Waals surface area contributed by atoms with Crippen molar-refractivity contribution in [2.24, 2.45) is 0 Å². The molecule has 2 atom stereocenters. The van der Waals surface area contributed by atoms with Crippen molar-refractivity contribution >= 4 is 11.8 Å². The van der Waals surface area contributed by atoms with Gasteiger partial charge in [0, 0.05) is 6.42 Å². The zero-order valence-corrected chi connectivity index (χ0v) is 11.3. The van der Waals surface area contributed by atoms with Gasteiger partial charge in [0.2, 0.25) is 11.8 Å². The maximum absolute atomic E-state index is 12.6. The first-order valence-electron chi connectivity index (χ1n) is 6.57. The molecule has 0 bridgehead atoms. The normalized spacial score (nSPS) is 24.9. The molecule has 1 N–H and O–H groups in total. The number of hydrogen-bond donors (Lipinski definition) is 1. The smallest absolute Gasteiger partial charge is 0.240 e. The van der Waals surface area contributed by atoms with Gasteiger partial charge in [0.25, 0.3) is 0 Å². The van der Waals surface area contributed by atoms with Gasteiger partial charge >= 0.3 is 0 Å². The lowest BCUT2D eigenvalue weighted by molar-refractivity contribution is -0.143. The van der Waals surface area contributed by atoms with E-state index in [4.69, 9.17) is 0 Å². The first kappa shape index (κ1) is 13.7. The molecule has 1 aliphatic heterocycles. The van der Waals surface area contributed by atoms with Crippen molar-refractivity contribution < 1.29 is 14.7 Å². The standard InChI is InChI=1S/C15H19NO3/c1-3-12(10-17)16-13(18)9-15(2,14(16)19)11-7-5-4-6-8-11/h4-8,12,17H,3,9-10H2,1-2H3. The summed E-state index contributed by atoms with van der Waals surface area (Å²) in [6, 6.07) is 8.94. The minimum absolute atomic E-state index is 0.173. The van der Waals surface area contributed by atoms with E-state index in [9.17, 15) is 14.7 Å². The van der Waals surface area contributed by atoms with Crippen LogP contribution in [-0.2, 0) is 15.0 Å². The molecule has 2 rings (SSSR count). The van der Waals surface area contributed by atoms with E-state index in [1.165, 1.54) is 4.90 Å². The van der Waals surface area contributed by atoms with Crippen LogP contribution in [0.1, 0.15) is 32.3 Å². The number of hydrogen-bond acceptors (Lipinski definition) is 3. The van der Waals surface area contributed by atoms with Gasteiger partial charge in [-0.2, -0.15) is 0 Å². The number of benzene rings is 1. The van der Waals surface area contributed by atoms with Crippen molar-refractivity contribution in [1.29, 1.82) is 0 Å². The van der Waals surface area contributed by atoms with E-state index >= 15 is 0 Å². The number of likely N-dealkylation sites (tertiary alicyclic amines) is 1. The summed E-state index contributed by atoms with van der Waals surface area (Å²) >= 11 is 0. The van der Waals surface area contributed by atoms with Gasteiger partial charge in [0.05, 0.1) is 18.1 Å². The Kier molecular flexibility index (Phi) is 3.71. The quantitative estimate of drug-likeness (QED) is 0.835. The number of amides is 2. The third-order valence-electron chi connectivity index (χ3n) is 3.92. The van der Waals surface area contributed by atoms with Crippen molar-refractivity contribution in [3.05, 3.63) is 35.9 Å². The first-order chi connectivity index (χ1) is 9.04. The zero-order chi connectivity index (χ0) is 14.0. The van der Waals surface area contributed by atoms with Crippen LogP contribution in [0.4, 0.5) is 0 Å². The molecule has 0 saturated carbocycles. The number of aliphatic hydroxyl groups is 1. The Morgan fingerprint density at radius 3 is 2.47 bits per heavy atom. The zero-order valence-electron chi connectivity index (χ0n) is 11.3. The van der Waals surface area contributed by atoms with Gasteiger partial charge in [-0.05, 0) is 18.9 Å². The Bertz CT molecular complexity index is 481. The van der Waals surface area contributed by atoms with Crippen molar-refractivity contribution in [3.8, 4) is 0 Å². The number of carbonyl (C=O) groups excluding carboxylic acids is 2. The van der Waals surface area contributed by atoms with Gasteiger partial charge in [-0.3, -0.25) is 14.5 Å². The number of aliphatic hydroxyl groups excluding tert-OH is 1. The van der Waals surface area contributed by atoms with Gasteiger partial charge in [0.15, 0.2) is 0 Å². The number of nitrogens with zero attached hydrogens (tertiary/aromatic N) is 1. The molecule has 0 radical (unpaired) electrons. The summed E-state index contributed by atoms with van der Waals surface area (Å²) in [6.07, 6.45) is 0.741. The average Bonchev–Trinajstić information content (AvgIpc) is 2.66. The van der Waals surface area contributed by atoms with Gasteiger partial charge in [-0.25, -0.2) is 0 Å². The molecule has 2 amide bonds. The fraction of sp³-hybridized carbons (Fsp3) is 0.467. The van der Waals surface area contributed by atoms with Crippen LogP contribution < -0.4 is 0 Å². The fourth-order valence-electron chi connectivity index (χ4n) is 2.64. The highest BCUT2D eigenvalue weighted by Gasteiger charge is 2.50. The number of imide groups is 1. The summed E-state index contributed by atoms with van der Waals surface area (Å²) in [5.41, 5.74) is 0.0460. The second-order valence-corrected chi connectivity index (χ2v) is 5.19. The van der Waals surface area contributed by atoms with Gasteiger partial charge < -0.3 is 5.11 Å². The molecule has 4 nitrogen and oxygen atoms in total. The molecule has 2 unspecified atom stereocenters. The molecular formula is C15H19NO3. The second kappa shape index (κ2) is 5.13. The van der Waals surface area contributed by atoms with Crippen molar-refractivity contribution in [2.75, 3.05) is 6.61 Å². The minimum Gasteiger partial charge on any atom is -0.394 e. The van der Waals surface area contributed by atoms with Crippen molar-refractivity contribution in [3.63, 3.8) is 0 Å². The Hall–Kier alpha value is -1.68. The van der Waals surface area contributed by atoms with E-state index in [-0.39, 0.29) is 24.8 Å². The molecular weight excluding hydrogens is 242 g/mol. The van der Waals surface area contributed by atoms with Crippen molar-refractivity contribution in [2.45, 2.75) is 38.1 Å². The predicted octanol–water partition coefficient (Wildman–Crippen LogP) is 1.47. The monoisotopic (exact) mass is 261 g/mol. The largest absolute Gasteiger partial charge is 0.394 e. The van der Waals surface area contributed by atoms with Crippen LogP contribution in [0.3, 0.4) is 0 Å². The molecule has 102 valence electrons. The highest BCUT2D eigenvalue weighted by molar-refractivity contribution is 6.09. The Morgan fingerprint density at radius 1 is 1.32 bits per heavy atom.